The highest BCUT2D eigenvalue weighted by Crippen LogP contribution is 2.37. The molecule has 1 aliphatic heterocycles. The number of carbonyl (C=O) groups excluding carboxylic acids is 3. The van der Waals surface area contributed by atoms with Crippen LogP contribution in [0.2, 0.25) is 5.02 Å². The minimum Gasteiger partial charge on any atom is -0.490 e. The Bertz CT molecular complexity index is 1180. The van der Waals surface area contributed by atoms with Gasteiger partial charge in [0.2, 0.25) is 0 Å². The van der Waals surface area contributed by atoms with E-state index in [2.05, 4.69) is 11.2 Å². The molecular formula is C24H21ClN2O5. The molecule has 0 atom stereocenters. The minimum atomic E-state index is -0.810. The Hall–Kier alpha value is -3.76. The number of terminal acetylenes is 1. The van der Waals surface area contributed by atoms with E-state index in [4.69, 9.17) is 27.5 Å². The van der Waals surface area contributed by atoms with Gasteiger partial charge in [0.25, 0.3) is 11.8 Å². The smallest absolute Gasteiger partial charge is 0.335 e. The third-order valence-corrected chi connectivity index (χ3v) is 4.92. The number of urea groups is 1. The van der Waals surface area contributed by atoms with Gasteiger partial charge < -0.3 is 9.47 Å². The Labute approximate surface area is 190 Å². The van der Waals surface area contributed by atoms with Crippen molar-refractivity contribution in [3.63, 3.8) is 0 Å². The Morgan fingerprint density at radius 1 is 1.16 bits per heavy atom. The maximum atomic E-state index is 13.2. The highest BCUT2D eigenvalue weighted by atomic mass is 35.5. The zero-order valence-corrected chi connectivity index (χ0v) is 18.6. The van der Waals surface area contributed by atoms with Crippen LogP contribution in [0.3, 0.4) is 0 Å². The third kappa shape index (κ3) is 4.61. The van der Waals surface area contributed by atoms with Crippen LogP contribution in [0, 0.1) is 26.2 Å². The lowest BCUT2D eigenvalue weighted by Crippen LogP contribution is -2.54. The van der Waals surface area contributed by atoms with Crippen molar-refractivity contribution in [2.24, 2.45) is 0 Å². The second-order valence-corrected chi connectivity index (χ2v) is 7.41. The SMILES string of the molecule is C#CCOc1c(Cl)cc(/C=C2\C(=O)NC(=O)N(c3ccc(C)cc3C)C2=O)cc1OCC. The number of hydrogen-bond acceptors (Lipinski definition) is 5. The van der Waals surface area contributed by atoms with Gasteiger partial charge in [-0.15, -0.1) is 6.42 Å². The molecule has 8 heteroatoms. The number of halogens is 1. The quantitative estimate of drug-likeness (QED) is 0.406. The fraction of sp³-hybridized carbons (Fsp3) is 0.208. The van der Waals surface area contributed by atoms with Crippen LogP contribution in [0.5, 0.6) is 11.5 Å². The number of benzene rings is 2. The Morgan fingerprint density at radius 2 is 1.91 bits per heavy atom. The number of hydrogen-bond donors (Lipinski definition) is 1. The number of nitrogens with one attached hydrogen (secondary N) is 1. The Balaban J connectivity index is 2.05. The molecule has 4 amide bonds. The van der Waals surface area contributed by atoms with Gasteiger partial charge in [-0.1, -0.05) is 35.2 Å². The van der Waals surface area contributed by atoms with E-state index in [1.54, 1.807) is 32.0 Å². The molecule has 0 bridgehead atoms. The molecule has 0 aromatic heterocycles. The van der Waals surface area contributed by atoms with Crippen molar-refractivity contribution < 1.29 is 23.9 Å². The van der Waals surface area contributed by atoms with E-state index >= 15 is 0 Å². The molecular weight excluding hydrogens is 432 g/mol. The molecule has 1 aliphatic rings. The summed E-state index contributed by atoms with van der Waals surface area (Å²) in [4.78, 5) is 39.0. The summed E-state index contributed by atoms with van der Waals surface area (Å²) in [6, 6.07) is 7.57. The number of nitrogens with zero attached hydrogens (tertiary/aromatic N) is 1. The molecule has 0 spiro atoms. The van der Waals surface area contributed by atoms with Crippen molar-refractivity contribution in [1.29, 1.82) is 0 Å². The van der Waals surface area contributed by atoms with Gasteiger partial charge in [-0.25, -0.2) is 9.69 Å². The van der Waals surface area contributed by atoms with Gasteiger partial charge in [-0.2, -0.15) is 0 Å². The van der Waals surface area contributed by atoms with Crippen LogP contribution < -0.4 is 19.7 Å². The fourth-order valence-electron chi connectivity index (χ4n) is 3.29. The summed E-state index contributed by atoms with van der Waals surface area (Å²) < 4.78 is 11.0. The van der Waals surface area contributed by atoms with Crippen LogP contribution >= 0.6 is 11.6 Å². The van der Waals surface area contributed by atoms with Crippen molar-refractivity contribution >= 4 is 41.2 Å². The molecule has 1 N–H and O–H groups in total. The first-order valence-electron chi connectivity index (χ1n) is 9.78. The second kappa shape index (κ2) is 9.58. The predicted octanol–water partition coefficient (Wildman–Crippen LogP) is 4.03. The number of aryl methyl sites for hydroxylation is 2. The second-order valence-electron chi connectivity index (χ2n) is 7.00. The summed E-state index contributed by atoms with van der Waals surface area (Å²) in [5, 5.41) is 2.41. The Morgan fingerprint density at radius 3 is 2.56 bits per heavy atom. The van der Waals surface area contributed by atoms with E-state index in [-0.39, 0.29) is 23.0 Å². The topological polar surface area (TPSA) is 84.9 Å². The van der Waals surface area contributed by atoms with E-state index in [0.717, 1.165) is 16.0 Å². The van der Waals surface area contributed by atoms with E-state index < -0.39 is 17.8 Å². The normalized spacial score (nSPS) is 14.9. The predicted molar refractivity (Wildman–Crippen MR) is 122 cm³/mol. The first-order chi connectivity index (χ1) is 15.3. The summed E-state index contributed by atoms with van der Waals surface area (Å²) in [7, 11) is 0. The average molecular weight is 453 g/mol. The van der Waals surface area contributed by atoms with Crippen LogP contribution in [-0.2, 0) is 9.59 Å². The minimum absolute atomic E-state index is 0.00586. The van der Waals surface area contributed by atoms with Gasteiger partial charge in [0.1, 0.15) is 12.2 Å². The van der Waals surface area contributed by atoms with Gasteiger partial charge in [-0.3, -0.25) is 14.9 Å². The first-order valence-corrected chi connectivity index (χ1v) is 10.2. The van der Waals surface area contributed by atoms with Crippen LogP contribution in [-0.4, -0.2) is 31.1 Å². The largest absolute Gasteiger partial charge is 0.490 e. The van der Waals surface area contributed by atoms with E-state index in [9.17, 15) is 14.4 Å². The molecule has 3 rings (SSSR count). The Kier molecular flexibility index (Phi) is 6.86. The summed E-state index contributed by atoms with van der Waals surface area (Å²) in [6.07, 6.45) is 6.59. The van der Waals surface area contributed by atoms with Gasteiger partial charge >= 0.3 is 6.03 Å². The zero-order chi connectivity index (χ0) is 23.4. The zero-order valence-electron chi connectivity index (χ0n) is 17.8. The standard InChI is InChI=1S/C24H21ClN2O5/c1-5-9-32-21-18(25)12-16(13-20(21)31-6-2)11-17-22(28)26-24(30)27(23(17)29)19-8-7-14(3)10-15(19)4/h1,7-8,10-13H,6,9H2,2-4H3,(H,26,28,30)/b17-11+. The average Bonchev–Trinajstić information content (AvgIpc) is 2.72. The molecule has 2 aromatic carbocycles. The van der Waals surface area contributed by atoms with Crippen molar-refractivity contribution in [2.45, 2.75) is 20.8 Å². The van der Waals surface area contributed by atoms with E-state index in [0.29, 0.717) is 23.6 Å². The van der Waals surface area contributed by atoms with Gasteiger partial charge in [-0.05, 0) is 56.2 Å². The molecule has 2 aromatic rings. The summed E-state index contributed by atoms with van der Waals surface area (Å²) in [5.41, 5.74) is 2.29. The number of imide groups is 2. The lowest BCUT2D eigenvalue weighted by molar-refractivity contribution is -0.122. The van der Waals surface area contributed by atoms with Gasteiger partial charge in [0.15, 0.2) is 11.5 Å². The lowest BCUT2D eigenvalue weighted by atomic mass is 10.0. The van der Waals surface area contributed by atoms with Crippen molar-refractivity contribution in [1.82, 2.24) is 5.32 Å². The first kappa shape index (κ1) is 22.9. The summed E-state index contributed by atoms with van der Waals surface area (Å²) in [6.45, 7) is 5.80. The van der Waals surface area contributed by atoms with Crippen LogP contribution in [0.25, 0.3) is 6.08 Å². The van der Waals surface area contributed by atoms with E-state index in [1.807, 2.05) is 13.0 Å². The number of amides is 4. The molecule has 1 saturated heterocycles. The number of anilines is 1. The summed E-state index contributed by atoms with van der Waals surface area (Å²) >= 11 is 6.33. The number of ether oxygens (including phenoxy) is 2. The van der Waals surface area contributed by atoms with Crippen molar-refractivity contribution in [3.05, 3.63) is 57.6 Å². The molecule has 0 saturated carbocycles. The van der Waals surface area contributed by atoms with Crippen LogP contribution in [0.15, 0.2) is 35.9 Å². The molecule has 1 fully saturated rings. The van der Waals surface area contributed by atoms with Crippen molar-refractivity contribution in [2.75, 3.05) is 18.1 Å². The third-order valence-electron chi connectivity index (χ3n) is 4.64. The monoisotopic (exact) mass is 452 g/mol. The summed E-state index contributed by atoms with van der Waals surface area (Å²) in [5.74, 6) is 1.38. The maximum absolute atomic E-state index is 13.2. The van der Waals surface area contributed by atoms with Crippen LogP contribution in [0.1, 0.15) is 23.6 Å². The lowest BCUT2D eigenvalue weighted by Gasteiger charge is -2.27. The molecule has 32 heavy (non-hydrogen) atoms. The van der Waals surface area contributed by atoms with Crippen molar-refractivity contribution in [3.8, 4) is 23.8 Å². The molecule has 0 aliphatic carbocycles. The van der Waals surface area contributed by atoms with Gasteiger partial charge in [0, 0.05) is 0 Å². The fourth-order valence-corrected chi connectivity index (χ4v) is 3.56. The van der Waals surface area contributed by atoms with E-state index in [1.165, 1.54) is 12.1 Å². The highest BCUT2D eigenvalue weighted by Gasteiger charge is 2.37. The number of barbiturate groups is 1. The molecule has 0 radical (unpaired) electrons. The number of carbonyl (C=O) groups is 3. The highest BCUT2D eigenvalue weighted by molar-refractivity contribution is 6.39. The molecule has 164 valence electrons. The maximum Gasteiger partial charge on any atom is 0.335 e. The van der Waals surface area contributed by atoms with Gasteiger partial charge in [0.05, 0.1) is 17.3 Å². The molecule has 0 unspecified atom stereocenters. The van der Waals surface area contributed by atoms with Crippen LogP contribution in [0.4, 0.5) is 10.5 Å². The number of rotatable bonds is 6. The molecule has 7 nitrogen and oxygen atoms in total. The molecule has 1 heterocycles.